The highest BCUT2D eigenvalue weighted by Crippen LogP contribution is 2.28. The van der Waals surface area contributed by atoms with Crippen LogP contribution in [0.3, 0.4) is 0 Å². The normalized spacial score (nSPS) is 10.9. The van der Waals surface area contributed by atoms with Gasteiger partial charge in [-0.05, 0) is 56.2 Å². The van der Waals surface area contributed by atoms with Crippen LogP contribution in [0, 0.1) is 6.92 Å². The van der Waals surface area contributed by atoms with Crippen molar-refractivity contribution in [3.05, 3.63) is 59.2 Å². The van der Waals surface area contributed by atoms with Gasteiger partial charge in [-0.3, -0.25) is 4.79 Å². The van der Waals surface area contributed by atoms with Gasteiger partial charge in [-0.1, -0.05) is 18.2 Å². The van der Waals surface area contributed by atoms with Crippen LogP contribution in [0.5, 0.6) is 11.5 Å². The monoisotopic (exact) mass is 326 g/mol. The second-order valence-corrected chi connectivity index (χ2v) is 5.59. The van der Waals surface area contributed by atoms with Crippen LogP contribution in [0.2, 0.25) is 0 Å². The van der Waals surface area contributed by atoms with Crippen molar-refractivity contribution >= 4 is 12.1 Å². The van der Waals surface area contributed by atoms with E-state index < -0.39 is 0 Å². The zero-order chi connectivity index (χ0) is 17.5. The maximum atomic E-state index is 12.1. The second-order valence-electron chi connectivity index (χ2n) is 5.59. The molecule has 0 aliphatic heterocycles. The molecule has 0 spiro atoms. The SMILES string of the molecule is COc1cc(/C=N/NC(=O)c2ccccc2C)ccc1OC(C)C. The molecule has 0 radical (unpaired) electrons. The molecule has 5 heteroatoms. The number of aryl methyl sites for hydroxylation is 1. The number of nitrogens with zero attached hydrogens (tertiary/aromatic N) is 1. The Kier molecular flexibility index (Phi) is 5.95. The Morgan fingerprint density at radius 2 is 1.92 bits per heavy atom. The Labute approximate surface area is 142 Å². The number of carbonyl (C=O) groups is 1. The maximum Gasteiger partial charge on any atom is 0.271 e. The second kappa shape index (κ2) is 8.15. The van der Waals surface area contributed by atoms with Crippen LogP contribution < -0.4 is 14.9 Å². The molecule has 0 bridgehead atoms. The number of methoxy groups -OCH3 is 1. The molecule has 2 aromatic carbocycles. The molecule has 0 atom stereocenters. The number of hydrazone groups is 1. The van der Waals surface area contributed by atoms with Gasteiger partial charge in [-0.25, -0.2) is 5.43 Å². The molecular formula is C19H22N2O3. The molecule has 2 rings (SSSR count). The fourth-order valence-electron chi connectivity index (χ4n) is 2.17. The van der Waals surface area contributed by atoms with Gasteiger partial charge in [-0.15, -0.1) is 0 Å². The number of amides is 1. The van der Waals surface area contributed by atoms with Crippen LogP contribution in [0.4, 0.5) is 0 Å². The number of hydrogen-bond acceptors (Lipinski definition) is 4. The fourth-order valence-corrected chi connectivity index (χ4v) is 2.17. The quantitative estimate of drug-likeness (QED) is 0.652. The number of carbonyl (C=O) groups excluding carboxylic acids is 1. The lowest BCUT2D eigenvalue weighted by molar-refractivity contribution is 0.0954. The fraction of sp³-hybridized carbons (Fsp3) is 0.263. The van der Waals surface area contributed by atoms with Gasteiger partial charge < -0.3 is 9.47 Å². The van der Waals surface area contributed by atoms with Crippen LogP contribution in [0.1, 0.15) is 35.3 Å². The predicted octanol–water partition coefficient (Wildman–Crippen LogP) is 3.55. The third-order valence-electron chi connectivity index (χ3n) is 3.32. The van der Waals surface area contributed by atoms with E-state index in [0.29, 0.717) is 17.1 Å². The summed E-state index contributed by atoms with van der Waals surface area (Å²) in [5.41, 5.74) is 4.84. The van der Waals surface area contributed by atoms with E-state index in [2.05, 4.69) is 10.5 Å². The van der Waals surface area contributed by atoms with Crippen molar-refractivity contribution in [1.29, 1.82) is 0 Å². The molecule has 24 heavy (non-hydrogen) atoms. The largest absolute Gasteiger partial charge is 0.493 e. The lowest BCUT2D eigenvalue weighted by Crippen LogP contribution is -2.18. The number of hydrogen-bond donors (Lipinski definition) is 1. The highest BCUT2D eigenvalue weighted by molar-refractivity contribution is 5.96. The highest BCUT2D eigenvalue weighted by atomic mass is 16.5. The molecular weight excluding hydrogens is 304 g/mol. The lowest BCUT2D eigenvalue weighted by Gasteiger charge is -2.13. The minimum Gasteiger partial charge on any atom is -0.493 e. The molecule has 126 valence electrons. The first-order valence-electron chi connectivity index (χ1n) is 7.75. The van der Waals surface area contributed by atoms with Gasteiger partial charge in [0.1, 0.15) is 0 Å². The van der Waals surface area contributed by atoms with Crippen LogP contribution in [-0.2, 0) is 0 Å². The third kappa shape index (κ3) is 4.59. The first-order chi connectivity index (χ1) is 11.5. The molecule has 0 unspecified atom stereocenters. The third-order valence-corrected chi connectivity index (χ3v) is 3.32. The molecule has 0 fully saturated rings. The molecule has 0 saturated carbocycles. The molecule has 5 nitrogen and oxygen atoms in total. The topological polar surface area (TPSA) is 59.9 Å². The summed E-state index contributed by atoms with van der Waals surface area (Å²) in [5, 5.41) is 4.00. The van der Waals surface area contributed by atoms with Crippen molar-refractivity contribution in [2.75, 3.05) is 7.11 Å². The van der Waals surface area contributed by atoms with E-state index in [1.54, 1.807) is 25.5 Å². The van der Waals surface area contributed by atoms with Gasteiger partial charge >= 0.3 is 0 Å². The Hall–Kier alpha value is -2.82. The number of nitrogens with one attached hydrogen (secondary N) is 1. The minimum absolute atomic E-state index is 0.0619. The van der Waals surface area contributed by atoms with Crippen molar-refractivity contribution in [3.8, 4) is 11.5 Å². The van der Waals surface area contributed by atoms with Gasteiger partial charge in [0, 0.05) is 5.56 Å². The molecule has 1 N–H and O–H groups in total. The van der Waals surface area contributed by atoms with Gasteiger partial charge in [-0.2, -0.15) is 5.10 Å². The zero-order valence-corrected chi connectivity index (χ0v) is 14.4. The van der Waals surface area contributed by atoms with Gasteiger partial charge in [0.2, 0.25) is 0 Å². The summed E-state index contributed by atoms with van der Waals surface area (Å²) in [5.74, 6) is 1.06. The molecule has 2 aromatic rings. The first-order valence-corrected chi connectivity index (χ1v) is 7.75. The average molecular weight is 326 g/mol. The summed E-state index contributed by atoms with van der Waals surface area (Å²) in [6.07, 6.45) is 1.63. The maximum absolute atomic E-state index is 12.1. The van der Waals surface area contributed by atoms with Gasteiger partial charge in [0.25, 0.3) is 5.91 Å². The summed E-state index contributed by atoms with van der Waals surface area (Å²) in [6.45, 7) is 5.79. The summed E-state index contributed by atoms with van der Waals surface area (Å²) in [6, 6.07) is 12.8. The van der Waals surface area contributed by atoms with E-state index in [1.807, 2.05) is 51.1 Å². The lowest BCUT2D eigenvalue weighted by atomic mass is 10.1. The van der Waals surface area contributed by atoms with E-state index in [1.165, 1.54) is 0 Å². The smallest absolute Gasteiger partial charge is 0.271 e. The summed E-state index contributed by atoms with van der Waals surface area (Å²) in [4.78, 5) is 12.1. The number of ether oxygens (including phenoxy) is 2. The predicted molar refractivity (Wildman–Crippen MR) is 95.0 cm³/mol. The molecule has 0 saturated heterocycles. The summed E-state index contributed by atoms with van der Waals surface area (Å²) < 4.78 is 11.0. The number of rotatable bonds is 6. The van der Waals surface area contributed by atoms with E-state index in [0.717, 1.165) is 11.1 Å². The van der Waals surface area contributed by atoms with Crippen LogP contribution >= 0.6 is 0 Å². The Bertz CT molecular complexity index is 739. The zero-order valence-electron chi connectivity index (χ0n) is 14.4. The van der Waals surface area contributed by atoms with Crippen molar-refractivity contribution in [1.82, 2.24) is 5.43 Å². The first kappa shape index (κ1) is 17.5. The molecule has 0 aromatic heterocycles. The average Bonchev–Trinajstić information content (AvgIpc) is 2.56. The Morgan fingerprint density at radius 1 is 1.17 bits per heavy atom. The molecule has 0 aliphatic rings. The van der Waals surface area contributed by atoms with Crippen molar-refractivity contribution in [2.45, 2.75) is 26.9 Å². The Morgan fingerprint density at radius 3 is 2.58 bits per heavy atom. The van der Waals surface area contributed by atoms with Crippen molar-refractivity contribution < 1.29 is 14.3 Å². The molecule has 0 heterocycles. The van der Waals surface area contributed by atoms with E-state index in [4.69, 9.17) is 9.47 Å². The molecule has 1 amide bonds. The van der Waals surface area contributed by atoms with Gasteiger partial charge in [0.05, 0.1) is 19.4 Å². The van der Waals surface area contributed by atoms with Crippen LogP contribution in [0.25, 0.3) is 0 Å². The highest BCUT2D eigenvalue weighted by Gasteiger charge is 2.08. The standard InChI is InChI=1S/C19H22N2O3/c1-13(2)24-17-10-9-15(11-18(17)23-4)12-20-21-19(22)16-8-6-5-7-14(16)3/h5-13H,1-4H3,(H,21,22)/b20-12+. The van der Waals surface area contributed by atoms with Gasteiger partial charge in [0.15, 0.2) is 11.5 Å². The van der Waals surface area contributed by atoms with Crippen molar-refractivity contribution in [2.24, 2.45) is 5.10 Å². The van der Waals surface area contributed by atoms with E-state index >= 15 is 0 Å². The summed E-state index contributed by atoms with van der Waals surface area (Å²) >= 11 is 0. The molecule has 0 aliphatic carbocycles. The number of benzene rings is 2. The van der Waals surface area contributed by atoms with Crippen LogP contribution in [-0.4, -0.2) is 25.3 Å². The van der Waals surface area contributed by atoms with Crippen LogP contribution in [0.15, 0.2) is 47.6 Å². The summed E-state index contributed by atoms with van der Waals surface area (Å²) in [7, 11) is 1.59. The Balaban J connectivity index is 2.06. The minimum atomic E-state index is -0.240. The van der Waals surface area contributed by atoms with E-state index in [9.17, 15) is 4.79 Å². The van der Waals surface area contributed by atoms with E-state index in [-0.39, 0.29) is 12.0 Å². The van der Waals surface area contributed by atoms with Crippen molar-refractivity contribution in [3.63, 3.8) is 0 Å².